The van der Waals surface area contributed by atoms with Gasteiger partial charge in [-0.1, -0.05) is 30.7 Å². The first-order valence-corrected chi connectivity index (χ1v) is 5.41. The summed E-state index contributed by atoms with van der Waals surface area (Å²) in [5, 5.41) is 0. The smallest absolute Gasteiger partial charge is 0.00199 e. The summed E-state index contributed by atoms with van der Waals surface area (Å²) in [5.41, 5.74) is 10.6. The lowest BCUT2D eigenvalue weighted by atomic mass is 9.73. The number of hydrogen-bond donors (Lipinski definition) is 1. The fourth-order valence-corrected chi connectivity index (χ4v) is 2.32. The molecule has 1 nitrogen and oxygen atoms in total. The Bertz CT molecular complexity index is 343. The molecule has 0 aliphatic heterocycles. The molecule has 0 spiro atoms. The highest BCUT2D eigenvalue weighted by Crippen LogP contribution is 2.34. The van der Waals surface area contributed by atoms with Crippen LogP contribution in [0.5, 0.6) is 0 Å². The standard InChI is InChI=1S/C13H19N/c1-10-3-4-12-8-13(2,9-14)6-5-11(12)7-10/h3-4,7H,5-6,8-9,14H2,1-2H3. The zero-order chi connectivity index (χ0) is 10.2. The maximum atomic E-state index is 5.82. The quantitative estimate of drug-likeness (QED) is 0.721. The van der Waals surface area contributed by atoms with Crippen molar-refractivity contribution in [1.82, 2.24) is 0 Å². The Hall–Kier alpha value is -0.820. The Labute approximate surface area is 86.3 Å². The highest BCUT2D eigenvalue weighted by Gasteiger charge is 2.28. The van der Waals surface area contributed by atoms with Crippen molar-refractivity contribution >= 4 is 0 Å². The van der Waals surface area contributed by atoms with Gasteiger partial charge in [0.15, 0.2) is 0 Å². The zero-order valence-electron chi connectivity index (χ0n) is 9.14. The summed E-state index contributed by atoms with van der Waals surface area (Å²) in [4.78, 5) is 0. The van der Waals surface area contributed by atoms with Gasteiger partial charge in [0.2, 0.25) is 0 Å². The second kappa shape index (κ2) is 3.39. The van der Waals surface area contributed by atoms with E-state index >= 15 is 0 Å². The number of fused-ring (bicyclic) bond motifs is 1. The second-order valence-electron chi connectivity index (χ2n) is 4.96. The van der Waals surface area contributed by atoms with E-state index in [9.17, 15) is 0 Å². The molecule has 1 aromatic rings. The Morgan fingerprint density at radius 1 is 1.36 bits per heavy atom. The van der Waals surface area contributed by atoms with Gasteiger partial charge in [0.1, 0.15) is 0 Å². The van der Waals surface area contributed by atoms with Crippen LogP contribution in [0.2, 0.25) is 0 Å². The Kier molecular flexibility index (Phi) is 2.36. The zero-order valence-corrected chi connectivity index (χ0v) is 9.14. The molecule has 1 aromatic carbocycles. The predicted molar refractivity (Wildman–Crippen MR) is 60.4 cm³/mol. The third kappa shape index (κ3) is 1.69. The summed E-state index contributed by atoms with van der Waals surface area (Å²) < 4.78 is 0. The molecule has 0 saturated carbocycles. The molecular weight excluding hydrogens is 170 g/mol. The maximum absolute atomic E-state index is 5.82. The van der Waals surface area contributed by atoms with E-state index in [2.05, 4.69) is 32.0 Å². The molecule has 0 heterocycles. The molecule has 1 aliphatic rings. The largest absolute Gasteiger partial charge is 0.330 e. The van der Waals surface area contributed by atoms with Gasteiger partial charge in [-0.15, -0.1) is 0 Å². The highest BCUT2D eigenvalue weighted by molar-refractivity contribution is 5.34. The fourth-order valence-electron chi connectivity index (χ4n) is 2.32. The lowest BCUT2D eigenvalue weighted by molar-refractivity contribution is 0.290. The number of nitrogens with two attached hydrogens (primary N) is 1. The molecule has 0 fully saturated rings. The van der Waals surface area contributed by atoms with E-state index in [4.69, 9.17) is 5.73 Å². The van der Waals surface area contributed by atoms with Crippen LogP contribution in [0.15, 0.2) is 18.2 Å². The predicted octanol–water partition coefficient (Wildman–Crippen LogP) is 2.45. The number of benzene rings is 1. The maximum Gasteiger partial charge on any atom is -0.00199 e. The molecule has 1 heteroatoms. The van der Waals surface area contributed by atoms with Crippen molar-refractivity contribution in [2.75, 3.05) is 6.54 Å². The van der Waals surface area contributed by atoms with Crippen LogP contribution in [0.4, 0.5) is 0 Å². The van der Waals surface area contributed by atoms with E-state index in [-0.39, 0.29) is 0 Å². The van der Waals surface area contributed by atoms with Crippen molar-refractivity contribution in [3.63, 3.8) is 0 Å². The number of hydrogen-bond acceptors (Lipinski definition) is 1. The van der Waals surface area contributed by atoms with Crippen molar-refractivity contribution < 1.29 is 0 Å². The molecule has 0 bridgehead atoms. The number of rotatable bonds is 1. The van der Waals surface area contributed by atoms with Crippen LogP contribution in [0.1, 0.15) is 30.0 Å². The van der Waals surface area contributed by atoms with Crippen LogP contribution in [0, 0.1) is 12.3 Å². The van der Waals surface area contributed by atoms with E-state index in [0.717, 1.165) is 13.0 Å². The van der Waals surface area contributed by atoms with E-state index in [1.807, 2.05) is 0 Å². The minimum absolute atomic E-state index is 0.336. The molecule has 2 rings (SSSR count). The van der Waals surface area contributed by atoms with Gasteiger partial charge in [0.05, 0.1) is 0 Å². The lowest BCUT2D eigenvalue weighted by Gasteiger charge is -2.33. The lowest BCUT2D eigenvalue weighted by Crippen LogP contribution is -2.33. The van der Waals surface area contributed by atoms with Gasteiger partial charge in [0.25, 0.3) is 0 Å². The topological polar surface area (TPSA) is 26.0 Å². The minimum atomic E-state index is 0.336. The summed E-state index contributed by atoms with van der Waals surface area (Å²) in [5.74, 6) is 0. The second-order valence-corrected chi connectivity index (χ2v) is 4.96. The Morgan fingerprint density at radius 2 is 2.14 bits per heavy atom. The van der Waals surface area contributed by atoms with Crippen molar-refractivity contribution in [3.05, 3.63) is 34.9 Å². The summed E-state index contributed by atoms with van der Waals surface area (Å²) in [7, 11) is 0. The molecule has 0 saturated heterocycles. The molecule has 14 heavy (non-hydrogen) atoms. The van der Waals surface area contributed by atoms with E-state index < -0.39 is 0 Å². The fraction of sp³-hybridized carbons (Fsp3) is 0.538. The van der Waals surface area contributed by atoms with E-state index in [0.29, 0.717) is 5.41 Å². The average Bonchev–Trinajstić information content (AvgIpc) is 2.19. The van der Waals surface area contributed by atoms with Gasteiger partial charge in [-0.25, -0.2) is 0 Å². The first-order valence-electron chi connectivity index (χ1n) is 5.41. The van der Waals surface area contributed by atoms with Crippen molar-refractivity contribution in [3.8, 4) is 0 Å². The molecule has 76 valence electrons. The van der Waals surface area contributed by atoms with Crippen LogP contribution in [-0.4, -0.2) is 6.54 Å². The van der Waals surface area contributed by atoms with Crippen molar-refractivity contribution in [2.45, 2.75) is 33.1 Å². The third-order valence-corrected chi connectivity index (χ3v) is 3.47. The average molecular weight is 189 g/mol. The van der Waals surface area contributed by atoms with Gasteiger partial charge in [-0.2, -0.15) is 0 Å². The van der Waals surface area contributed by atoms with Gasteiger partial charge >= 0.3 is 0 Å². The first kappa shape index (κ1) is 9.72. The van der Waals surface area contributed by atoms with Gasteiger partial charge < -0.3 is 5.73 Å². The summed E-state index contributed by atoms with van der Waals surface area (Å²) in [6.07, 6.45) is 3.59. The van der Waals surface area contributed by atoms with Crippen LogP contribution in [0.3, 0.4) is 0 Å². The third-order valence-electron chi connectivity index (χ3n) is 3.47. The summed E-state index contributed by atoms with van der Waals surface area (Å²) >= 11 is 0. The first-order chi connectivity index (χ1) is 6.63. The van der Waals surface area contributed by atoms with Crippen LogP contribution >= 0.6 is 0 Å². The van der Waals surface area contributed by atoms with Gasteiger partial charge in [-0.05, 0) is 49.3 Å². The highest BCUT2D eigenvalue weighted by atomic mass is 14.6. The van der Waals surface area contributed by atoms with Crippen LogP contribution < -0.4 is 5.73 Å². The van der Waals surface area contributed by atoms with Crippen LogP contribution in [0.25, 0.3) is 0 Å². The molecule has 1 aliphatic carbocycles. The number of aryl methyl sites for hydroxylation is 2. The normalized spacial score (nSPS) is 25.9. The summed E-state index contributed by atoms with van der Waals surface area (Å²) in [6.45, 7) is 5.27. The Balaban J connectivity index is 2.31. The molecule has 0 amide bonds. The Morgan fingerprint density at radius 3 is 2.86 bits per heavy atom. The van der Waals surface area contributed by atoms with Crippen molar-refractivity contribution in [2.24, 2.45) is 11.1 Å². The molecule has 1 unspecified atom stereocenters. The molecular formula is C13H19N. The van der Waals surface area contributed by atoms with E-state index in [1.165, 1.54) is 29.5 Å². The monoisotopic (exact) mass is 189 g/mol. The minimum Gasteiger partial charge on any atom is -0.330 e. The van der Waals surface area contributed by atoms with Gasteiger partial charge in [-0.3, -0.25) is 0 Å². The molecule has 2 N–H and O–H groups in total. The molecule has 0 aromatic heterocycles. The SMILES string of the molecule is Cc1ccc2c(c1)CCC(C)(CN)C2. The van der Waals surface area contributed by atoms with Crippen molar-refractivity contribution in [1.29, 1.82) is 0 Å². The molecule has 0 radical (unpaired) electrons. The molecule has 1 atom stereocenters. The van der Waals surface area contributed by atoms with Crippen LogP contribution in [-0.2, 0) is 12.8 Å². The summed E-state index contributed by atoms with van der Waals surface area (Å²) in [6, 6.07) is 6.81. The van der Waals surface area contributed by atoms with Gasteiger partial charge in [0, 0.05) is 0 Å². The van der Waals surface area contributed by atoms with E-state index in [1.54, 1.807) is 0 Å².